The van der Waals surface area contributed by atoms with Gasteiger partial charge in [-0.3, -0.25) is 23.7 Å². The van der Waals surface area contributed by atoms with Gasteiger partial charge in [-0.1, -0.05) is 55.5 Å². The van der Waals surface area contributed by atoms with Gasteiger partial charge in [-0.05, 0) is 35.6 Å². The molecule has 1 saturated carbocycles. The van der Waals surface area contributed by atoms with Crippen LogP contribution in [0.15, 0.2) is 47.3 Å². The van der Waals surface area contributed by atoms with E-state index in [0.717, 1.165) is 21.6 Å². The maximum absolute atomic E-state index is 13.2. The fourth-order valence-electron chi connectivity index (χ4n) is 4.35. The lowest BCUT2D eigenvalue weighted by Gasteiger charge is -2.31. The van der Waals surface area contributed by atoms with E-state index in [1.807, 2.05) is 44.2 Å². The Morgan fingerprint density at radius 1 is 1.03 bits per heavy atom. The number of hydrogen-bond donors (Lipinski definition) is 0. The van der Waals surface area contributed by atoms with E-state index in [1.165, 1.54) is 0 Å². The molecule has 5 nitrogen and oxygen atoms in total. The molecule has 0 unspecified atom stereocenters. The van der Waals surface area contributed by atoms with Crippen LogP contribution in [0.5, 0.6) is 0 Å². The van der Waals surface area contributed by atoms with Crippen LogP contribution in [0.25, 0.3) is 10.2 Å². The maximum Gasteiger partial charge on any atom is 0.308 e. The van der Waals surface area contributed by atoms with Gasteiger partial charge in [0.2, 0.25) is 0 Å². The van der Waals surface area contributed by atoms with Crippen molar-refractivity contribution in [3.63, 3.8) is 0 Å². The zero-order chi connectivity index (χ0) is 21.6. The summed E-state index contributed by atoms with van der Waals surface area (Å²) in [5, 5.41) is 0. The Morgan fingerprint density at radius 3 is 2.30 bits per heavy atom. The zero-order valence-corrected chi connectivity index (χ0v) is 18.0. The van der Waals surface area contributed by atoms with Crippen molar-refractivity contribution in [3.8, 4) is 0 Å². The van der Waals surface area contributed by atoms with Gasteiger partial charge in [-0.15, -0.1) is 0 Å². The minimum absolute atomic E-state index is 0.104. The van der Waals surface area contributed by atoms with Gasteiger partial charge < -0.3 is 0 Å². The van der Waals surface area contributed by atoms with Gasteiger partial charge in [0.25, 0.3) is 0 Å². The van der Waals surface area contributed by atoms with Crippen LogP contribution >= 0.6 is 11.3 Å². The van der Waals surface area contributed by atoms with Gasteiger partial charge in [0, 0.05) is 18.4 Å². The molecule has 1 aliphatic rings. The molecule has 0 atom stereocenters. The van der Waals surface area contributed by atoms with Gasteiger partial charge in [-0.25, -0.2) is 0 Å². The maximum atomic E-state index is 13.2. The third-order valence-electron chi connectivity index (χ3n) is 5.74. The summed E-state index contributed by atoms with van der Waals surface area (Å²) in [4.78, 5) is 51.0. The number of carbonyl (C=O) groups is 3. The van der Waals surface area contributed by atoms with Crippen LogP contribution in [0.2, 0.25) is 0 Å². The molecular formula is C24H23NO4S. The van der Waals surface area contributed by atoms with Crippen LogP contribution in [-0.4, -0.2) is 21.9 Å². The predicted molar refractivity (Wildman–Crippen MR) is 117 cm³/mol. The minimum atomic E-state index is -1.23. The summed E-state index contributed by atoms with van der Waals surface area (Å²) in [7, 11) is 0. The molecule has 4 rings (SSSR count). The molecule has 0 amide bonds. The molecular weight excluding hydrogens is 398 g/mol. The van der Waals surface area contributed by atoms with Crippen molar-refractivity contribution in [2.45, 2.75) is 40.2 Å². The van der Waals surface area contributed by atoms with E-state index in [9.17, 15) is 19.2 Å². The van der Waals surface area contributed by atoms with Crippen LogP contribution in [0.4, 0.5) is 0 Å². The number of aryl methyl sites for hydroxylation is 1. The Labute approximate surface area is 178 Å². The predicted octanol–water partition coefficient (Wildman–Crippen LogP) is 4.18. The number of benzene rings is 2. The normalized spacial score (nSPS) is 16.9. The number of hydrogen-bond acceptors (Lipinski definition) is 5. The average molecular weight is 422 g/mol. The summed E-state index contributed by atoms with van der Waals surface area (Å²) in [5.74, 6) is -2.31. The van der Waals surface area contributed by atoms with Crippen molar-refractivity contribution in [2.75, 3.05) is 0 Å². The molecule has 0 bridgehead atoms. The van der Waals surface area contributed by atoms with Crippen molar-refractivity contribution < 1.29 is 14.4 Å². The highest BCUT2D eigenvalue weighted by Crippen LogP contribution is 2.36. The van der Waals surface area contributed by atoms with E-state index < -0.39 is 17.1 Å². The SMILES string of the molecule is Cc1c(C(=O)C2C(=O)CC(C)(C)CC2=O)ccc2sc(=O)n(Cc3ccccc3)c12. The van der Waals surface area contributed by atoms with Crippen LogP contribution in [0, 0.1) is 18.3 Å². The molecule has 0 aliphatic heterocycles. The Morgan fingerprint density at radius 2 is 1.67 bits per heavy atom. The molecule has 0 spiro atoms. The van der Waals surface area contributed by atoms with E-state index >= 15 is 0 Å². The number of aromatic nitrogens is 1. The fourth-order valence-corrected chi connectivity index (χ4v) is 5.30. The lowest BCUT2D eigenvalue weighted by atomic mass is 9.69. The molecule has 154 valence electrons. The summed E-state index contributed by atoms with van der Waals surface area (Å²) >= 11 is 1.13. The molecule has 1 aromatic heterocycles. The quantitative estimate of drug-likeness (QED) is 0.468. The second-order valence-corrected chi connectivity index (χ2v) is 9.77. The lowest BCUT2D eigenvalue weighted by Crippen LogP contribution is -2.42. The van der Waals surface area contributed by atoms with Gasteiger partial charge >= 0.3 is 4.87 Å². The molecule has 1 fully saturated rings. The van der Waals surface area contributed by atoms with E-state index in [-0.39, 0.29) is 29.3 Å². The summed E-state index contributed by atoms with van der Waals surface area (Å²) < 4.78 is 2.45. The summed E-state index contributed by atoms with van der Waals surface area (Å²) in [6, 6.07) is 13.0. The molecule has 3 aromatic rings. The molecule has 0 radical (unpaired) electrons. The topological polar surface area (TPSA) is 73.2 Å². The molecule has 1 aliphatic carbocycles. The molecule has 0 N–H and O–H groups in total. The first-order valence-electron chi connectivity index (χ1n) is 9.94. The van der Waals surface area contributed by atoms with E-state index in [0.29, 0.717) is 23.2 Å². The number of carbonyl (C=O) groups excluding carboxylic acids is 3. The zero-order valence-electron chi connectivity index (χ0n) is 17.2. The summed E-state index contributed by atoms with van der Waals surface area (Å²) in [6.45, 7) is 5.92. The van der Waals surface area contributed by atoms with Crippen LogP contribution in [0.1, 0.15) is 48.2 Å². The fraction of sp³-hybridized carbons (Fsp3) is 0.333. The number of fused-ring (bicyclic) bond motifs is 1. The van der Waals surface area contributed by atoms with Crippen LogP contribution in [-0.2, 0) is 16.1 Å². The van der Waals surface area contributed by atoms with Gasteiger partial charge in [-0.2, -0.15) is 0 Å². The highest BCUT2D eigenvalue weighted by atomic mass is 32.1. The highest BCUT2D eigenvalue weighted by molar-refractivity contribution is 7.16. The Kier molecular flexibility index (Phi) is 5.06. The van der Waals surface area contributed by atoms with Crippen molar-refractivity contribution in [2.24, 2.45) is 11.3 Å². The smallest absolute Gasteiger partial charge is 0.298 e. The Bertz CT molecular complexity index is 1210. The number of nitrogens with zero attached hydrogens (tertiary/aromatic N) is 1. The number of rotatable bonds is 4. The minimum Gasteiger partial charge on any atom is -0.298 e. The molecule has 6 heteroatoms. The molecule has 0 saturated heterocycles. The van der Waals surface area contributed by atoms with E-state index in [1.54, 1.807) is 23.6 Å². The third kappa shape index (κ3) is 3.56. The van der Waals surface area contributed by atoms with Crippen molar-refractivity contribution >= 4 is 38.9 Å². The first-order valence-corrected chi connectivity index (χ1v) is 10.8. The second kappa shape index (κ2) is 7.43. The van der Waals surface area contributed by atoms with Gasteiger partial charge in [0.15, 0.2) is 17.3 Å². The Balaban J connectivity index is 1.77. The molecule has 1 heterocycles. The first kappa shape index (κ1) is 20.4. The number of thiazole rings is 1. The first-order chi connectivity index (χ1) is 14.2. The van der Waals surface area contributed by atoms with Crippen molar-refractivity contribution in [3.05, 3.63) is 68.8 Å². The Hall–Kier alpha value is -2.86. The standard InChI is InChI=1S/C24H23NO4S/c1-14-16(22(28)20-17(26)11-24(2,3)12-18(20)27)9-10-19-21(14)25(23(29)30-19)13-15-7-5-4-6-8-15/h4-10,20H,11-13H2,1-3H3. The summed E-state index contributed by atoms with van der Waals surface area (Å²) in [6.07, 6.45) is 0.432. The van der Waals surface area contributed by atoms with Crippen molar-refractivity contribution in [1.82, 2.24) is 4.57 Å². The average Bonchev–Trinajstić information content (AvgIpc) is 2.97. The number of ketones is 3. The van der Waals surface area contributed by atoms with E-state index in [2.05, 4.69) is 0 Å². The van der Waals surface area contributed by atoms with Crippen LogP contribution < -0.4 is 4.87 Å². The third-order valence-corrected chi connectivity index (χ3v) is 6.69. The largest absolute Gasteiger partial charge is 0.308 e. The van der Waals surface area contributed by atoms with Gasteiger partial charge in [0.1, 0.15) is 5.92 Å². The second-order valence-electron chi connectivity index (χ2n) is 8.77. The van der Waals surface area contributed by atoms with Crippen LogP contribution in [0.3, 0.4) is 0 Å². The monoisotopic (exact) mass is 421 g/mol. The molecule has 30 heavy (non-hydrogen) atoms. The van der Waals surface area contributed by atoms with Crippen molar-refractivity contribution in [1.29, 1.82) is 0 Å². The van der Waals surface area contributed by atoms with E-state index in [4.69, 9.17) is 0 Å². The molecule has 2 aromatic carbocycles. The lowest BCUT2D eigenvalue weighted by molar-refractivity contribution is -0.137. The van der Waals surface area contributed by atoms with Gasteiger partial charge in [0.05, 0.1) is 16.8 Å². The number of Topliss-reactive ketones (excluding diaryl/α,β-unsaturated/α-hetero) is 3. The summed E-state index contributed by atoms with van der Waals surface area (Å²) in [5.41, 5.74) is 2.24. The highest BCUT2D eigenvalue weighted by Gasteiger charge is 2.44.